The van der Waals surface area contributed by atoms with E-state index in [0.29, 0.717) is 6.04 Å². The number of piperidine rings is 1. The quantitative estimate of drug-likeness (QED) is 0.923. The van der Waals surface area contributed by atoms with E-state index in [1.165, 1.54) is 28.6 Å². The minimum absolute atomic E-state index is 0.616. The molecule has 3 nitrogen and oxygen atoms in total. The Hall–Kier alpha value is -0.580. The van der Waals surface area contributed by atoms with Gasteiger partial charge in [0.2, 0.25) is 0 Å². The molecule has 1 fully saturated rings. The van der Waals surface area contributed by atoms with Crippen molar-refractivity contribution in [2.75, 3.05) is 38.1 Å². The first-order valence-electron chi connectivity index (χ1n) is 7.03. The van der Waals surface area contributed by atoms with Gasteiger partial charge in [-0.25, -0.2) is 0 Å². The summed E-state index contributed by atoms with van der Waals surface area (Å²) in [4.78, 5) is 4.89. The van der Waals surface area contributed by atoms with E-state index in [1.54, 1.807) is 0 Å². The Morgan fingerprint density at radius 1 is 1.47 bits per heavy atom. The summed E-state index contributed by atoms with van der Waals surface area (Å²) in [5, 5.41) is 0. The number of hydrogen-bond acceptors (Lipinski definition) is 3. The third-order valence-corrected chi connectivity index (χ3v) is 4.58. The third-order valence-electron chi connectivity index (χ3n) is 3.95. The molecule has 19 heavy (non-hydrogen) atoms. The number of nitrogens with zero attached hydrogens (tertiary/aromatic N) is 2. The molecule has 0 bridgehead atoms. The Morgan fingerprint density at radius 2 is 2.26 bits per heavy atom. The van der Waals surface area contributed by atoms with Gasteiger partial charge in [-0.3, -0.25) is 0 Å². The van der Waals surface area contributed by atoms with Gasteiger partial charge in [0.25, 0.3) is 0 Å². The summed E-state index contributed by atoms with van der Waals surface area (Å²) in [6, 6.07) is 7.23. The van der Waals surface area contributed by atoms with Gasteiger partial charge in [0.15, 0.2) is 0 Å². The molecule has 0 aromatic heterocycles. The molecule has 1 heterocycles. The summed E-state index contributed by atoms with van der Waals surface area (Å²) in [6.45, 7) is 6.09. The van der Waals surface area contributed by atoms with Crippen molar-refractivity contribution in [2.24, 2.45) is 5.73 Å². The standard InChI is InChI=1S/C15H24BrN3/c1-12-5-6-15(14(16)10-12)19-8-3-4-13(11-19)18(2)9-7-17/h5-6,10,13H,3-4,7-9,11,17H2,1-2H3. The zero-order valence-electron chi connectivity index (χ0n) is 11.9. The summed E-state index contributed by atoms with van der Waals surface area (Å²) in [5.41, 5.74) is 8.27. The Labute approximate surface area is 124 Å². The van der Waals surface area contributed by atoms with Crippen molar-refractivity contribution in [2.45, 2.75) is 25.8 Å². The predicted molar refractivity (Wildman–Crippen MR) is 85.8 cm³/mol. The Kier molecular flexibility index (Phi) is 5.25. The van der Waals surface area contributed by atoms with Gasteiger partial charge in [-0.2, -0.15) is 0 Å². The number of rotatable bonds is 4. The van der Waals surface area contributed by atoms with Crippen molar-refractivity contribution in [3.8, 4) is 0 Å². The van der Waals surface area contributed by atoms with Crippen LogP contribution in [-0.4, -0.2) is 44.2 Å². The highest BCUT2D eigenvalue weighted by atomic mass is 79.9. The van der Waals surface area contributed by atoms with E-state index in [2.05, 4.69) is 57.9 Å². The highest BCUT2D eigenvalue weighted by Gasteiger charge is 2.23. The van der Waals surface area contributed by atoms with Crippen LogP contribution >= 0.6 is 15.9 Å². The van der Waals surface area contributed by atoms with Gasteiger partial charge < -0.3 is 15.5 Å². The van der Waals surface area contributed by atoms with E-state index in [-0.39, 0.29) is 0 Å². The van der Waals surface area contributed by atoms with E-state index >= 15 is 0 Å². The first-order chi connectivity index (χ1) is 9.11. The van der Waals surface area contributed by atoms with E-state index in [0.717, 1.165) is 26.2 Å². The van der Waals surface area contributed by atoms with Gasteiger partial charge in [0.05, 0.1) is 5.69 Å². The zero-order valence-corrected chi connectivity index (χ0v) is 13.5. The van der Waals surface area contributed by atoms with Gasteiger partial charge in [-0.1, -0.05) is 6.07 Å². The molecular weight excluding hydrogens is 302 g/mol. The first kappa shape index (κ1) is 14.8. The molecule has 1 aromatic carbocycles. The molecule has 1 aliphatic heterocycles. The molecule has 2 rings (SSSR count). The molecule has 1 aromatic rings. The number of hydrogen-bond donors (Lipinski definition) is 1. The molecule has 106 valence electrons. The van der Waals surface area contributed by atoms with E-state index in [9.17, 15) is 0 Å². The van der Waals surface area contributed by atoms with E-state index < -0.39 is 0 Å². The molecule has 1 atom stereocenters. The number of aryl methyl sites for hydroxylation is 1. The summed E-state index contributed by atoms with van der Waals surface area (Å²) < 4.78 is 1.20. The number of benzene rings is 1. The van der Waals surface area contributed by atoms with Gasteiger partial charge in [-0.15, -0.1) is 0 Å². The zero-order chi connectivity index (χ0) is 13.8. The molecule has 0 saturated carbocycles. The monoisotopic (exact) mass is 325 g/mol. The maximum atomic E-state index is 5.66. The molecule has 2 N–H and O–H groups in total. The summed E-state index contributed by atoms with van der Waals surface area (Å²) in [7, 11) is 2.19. The highest BCUT2D eigenvalue weighted by molar-refractivity contribution is 9.10. The van der Waals surface area contributed by atoms with Crippen LogP contribution in [0.25, 0.3) is 0 Å². The fourth-order valence-electron chi connectivity index (χ4n) is 2.79. The van der Waals surface area contributed by atoms with Crippen LogP contribution in [-0.2, 0) is 0 Å². The maximum absolute atomic E-state index is 5.66. The number of anilines is 1. The van der Waals surface area contributed by atoms with Crippen molar-refractivity contribution in [1.82, 2.24) is 4.90 Å². The second-order valence-electron chi connectivity index (χ2n) is 5.47. The van der Waals surface area contributed by atoms with Crippen LogP contribution in [0.4, 0.5) is 5.69 Å². The lowest BCUT2D eigenvalue weighted by Crippen LogP contribution is -2.47. The Bertz CT molecular complexity index is 422. The largest absolute Gasteiger partial charge is 0.369 e. The van der Waals surface area contributed by atoms with Crippen molar-refractivity contribution < 1.29 is 0 Å². The van der Waals surface area contributed by atoms with Crippen LogP contribution in [0.1, 0.15) is 18.4 Å². The topological polar surface area (TPSA) is 32.5 Å². The molecule has 1 saturated heterocycles. The smallest absolute Gasteiger partial charge is 0.0511 e. The second-order valence-corrected chi connectivity index (χ2v) is 6.32. The fraction of sp³-hybridized carbons (Fsp3) is 0.600. The molecule has 0 aliphatic carbocycles. The van der Waals surface area contributed by atoms with Crippen LogP contribution in [0.5, 0.6) is 0 Å². The molecule has 1 unspecified atom stereocenters. The van der Waals surface area contributed by atoms with Crippen molar-refractivity contribution in [3.05, 3.63) is 28.2 Å². The van der Waals surface area contributed by atoms with Crippen LogP contribution in [0.15, 0.2) is 22.7 Å². The van der Waals surface area contributed by atoms with Crippen LogP contribution in [0.2, 0.25) is 0 Å². The molecule has 0 amide bonds. The number of nitrogens with two attached hydrogens (primary N) is 1. The average Bonchev–Trinajstić information content (AvgIpc) is 2.39. The van der Waals surface area contributed by atoms with Crippen LogP contribution < -0.4 is 10.6 Å². The molecule has 4 heteroatoms. The minimum Gasteiger partial charge on any atom is -0.369 e. The summed E-state index contributed by atoms with van der Waals surface area (Å²) >= 11 is 3.70. The van der Waals surface area contributed by atoms with Gasteiger partial charge in [-0.05, 0) is 60.4 Å². The van der Waals surface area contributed by atoms with E-state index in [1.807, 2.05) is 0 Å². The van der Waals surface area contributed by atoms with Crippen molar-refractivity contribution >= 4 is 21.6 Å². The summed E-state index contributed by atoms with van der Waals surface area (Å²) in [5.74, 6) is 0. The molecular formula is C15H24BrN3. The lowest BCUT2D eigenvalue weighted by molar-refractivity contribution is 0.221. The molecule has 0 radical (unpaired) electrons. The Balaban J connectivity index is 2.08. The molecule has 1 aliphatic rings. The SMILES string of the molecule is Cc1ccc(N2CCCC(N(C)CCN)C2)c(Br)c1. The maximum Gasteiger partial charge on any atom is 0.0511 e. The summed E-state index contributed by atoms with van der Waals surface area (Å²) in [6.07, 6.45) is 2.52. The Morgan fingerprint density at radius 3 is 2.95 bits per heavy atom. The number of halogens is 1. The predicted octanol–water partition coefficient (Wildman–Crippen LogP) is 2.62. The van der Waals surface area contributed by atoms with Gasteiger partial charge in [0.1, 0.15) is 0 Å². The minimum atomic E-state index is 0.616. The lowest BCUT2D eigenvalue weighted by Gasteiger charge is -2.39. The van der Waals surface area contributed by atoms with Crippen LogP contribution in [0, 0.1) is 6.92 Å². The third kappa shape index (κ3) is 3.71. The van der Waals surface area contributed by atoms with Crippen LogP contribution in [0.3, 0.4) is 0 Å². The fourth-order valence-corrected chi connectivity index (χ4v) is 3.53. The van der Waals surface area contributed by atoms with E-state index in [4.69, 9.17) is 5.73 Å². The lowest BCUT2D eigenvalue weighted by atomic mass is 10.0. The normalized spacial score (nSPS) is 20.1. The highest BCUT2D eigenvalue weighted by Crippen LogP contribution is 2.30. The van der Waals surface area contributed by atoms with Crippen molar-refractivity contribution in [3.63, 3.8) is 0 Å². The number of likely N-dealkylation sites (N-methyl/N-ethyl adjacent to an activating group) is 1. The second kappa shape index (κ2) is 6.73. The molecule has 0 spiro atoms. The first-order valence-corrected chi connectivity index (χ1v) is 7.82. The van der Waals surface area contributed by atoms with Crippen molar-refractivity contribution in [1.29, 1.82) is 0 Å². The van der Waals surface area contributed by atoms with Gasteiger partial charge >= 0.3 is 0 Å². The average molecular weight is 326 g/mol. The van der Waals surface area contributed by atoms with Gasteiger partial charge in [0, 0.05) is 36.7 Å².